The third-order valence-corrected chi connectivity index (χ3v) is 5.29. The summed E-state index contributed by atoms with van der Waals surface area (Å²) in [5.41, 5.74) is 0.571. The second kappa shape index (κ2) is 8.22. The van der Waals surface area contributed by atoms with Crippen LogP contribution in [-0.4, -0.2) is 44.2 Å². The number of anilines is 2. The van der Waals surface area contributed by atoms with Crippen LogP contribution in [-0.2, 0) is 33.1 Å². The van der Waals surface area contributed by atoms with E-state index in [0.717, 1.165) is 18.4 Å². The summed E-state index contributed by atoms with van der Waals surface area (Å²) in [6.07, 6.45) is -3.50. The maximum atomic E-state index is 13.1. The van der Waals surface area contributed by atoms with Gasteiger partial charge in [-0.3, -0.25) is 4.79 Å². The van der Waals surface area contributed by atoms with Crippen LogP contribution in [0.15, 0.2) is 42.5 Å². The maximum Gasteiger partial charge on any atom is 0.416 e. The van der Waals surface area contributed by atoms with Crippen molar-refractivity contribution in [3.63, 3.8) is 0 Å². The van der Waals surface area contributed by atoms with Crippen LogP contribution in [0, 0.1) is 0 Å². The Kier molecular flexibility index (Phi) is 5.99. The number of hydrogen-bond donors (Lipinski definition) is 1. The zero-order valence-electron chi connectivity index (χ0n) is 17.1. The number of carbonyl (C=O) groups excluding carboxylic acids is 1. The van der Waals surface area contributed by atoms with E-state index in [4.69, 9.17) is 0 Å². The Balaban J connectivity index is 1.96. The van der Waals surface area contributed by atoms with Gasteiger partial charge in [0, 0.05) is 20.4 Å². The van der Waals surface area contributed by atoms with Crippen molar-refractivity contribution >= 4 is 38.2 Å². The zero-order chi connectivity index (χ0) is 23.0. The third kappa shape index (κ3) is 5.35. The number of carbonyl (C=O) groups is 1. The first kappa shape index (κ1) is 22.6. The molecular formula is C20H21F3N4O3S. The molecule has 0 saturated heterocycles. The van der Waals surface area contributed by atoms with Crippen molar-refractivity contribution in [2.24, 2.45) is 0 Å². The Morgan fingerprint density at radius 2 is 1.84 bits per heavy atom. The molecule has 3 rings (SSSR count). The van der Waals surface area contributed by atoms with Gasteiger partial charge in [-0.25, -0.2) is 13.4 Å². The minimum absolute atomic E-state index is 0.00101. The van der Waals surface area contributed by atoms with Gasteiger partial charge < -0.3 is 14.8 Å². The Morgan fingerprint density at radius 1 is 1.16 bits per heavy atom. The molecule has 0 radical (unpaired) electrons. The average Bonchev–Trinajstić information content (AvgIpc) is 2.96. The lowest BCUT2D eigenvalue weighted by molar-refractivity contribution is -0.137. The maximum absolute atomic E-state index is 13.1. The van der Waals surface area contributed by atoms with Crippen molar-refractivity contribution < 1.29 is 26.4 Å². The van der Waals surface area contributed by atoms with Crippen molar-refractivity contribution in [2.45, 2.75) is 18.5 Å². The summed E-state index contributed by atoms with van der Waals surface area (Å²) in [5.74, 6) is -0.808. The topological polar surface area (TPSA) is 84.3 Å². The molecule has 31 heavy (non-hydrogen) atoms. The van der Waals surface area contributed by atoms with Gasteiger partial charge in [0.25, 0.3) is 0 Å². The molecule has 0 fully saturated rings. The minimum Gasteiger partial charge on any atom is -0.376 e. The monoisotopic (exact) mass is 454 g/mol. The van der Waals surface area contributed by atoms with Crippen molar-refractivity contribution in [2.75, 3.05) is 30.6 Å². The van der Waals surface area contributed by atoms with E-state index in [1.54, 1.807) is 43.3 Å². The first-order valence-corrected chi connectivity index (χ1v) is 11.2. The number of benzene rings is 2. The number of para-hydroxylation sites is 2. The van der Waals surface area contributed by atoms with Gasteiger partial charge in [0.1, 0.15) is 18.1 Å². The molecule has 1 aromatic heterocycles. The predicted molar refractivity (Wildman–Crippen MR) is 113 cm³/mol. The highest BCUT2D eigenvalue weighted by atomic mass is 32.2. The largest absolute Gasteiger partial charge is 0.416 e. The van der Waals surface area contributed by atoms with E-state index in [-0.39, 0.29) is 23.8 Å². The number of sulfone groups is 1. The standard InChI is InChI=1S/C20H21F3N4O3S/c1-26(2)16-9-8-13(20(21,22)23)10-15(16)25-19(28)11-27-17-7-5-4-6-14(17)24-18(27)12-31(3,29)30/h4-10H,11-12H2,1-3H3,(H,25,28). The van der Waals surface area contributed by atoms with E-state index >= 15 is 0 Å². The number of alkyl halides is 3. The molecule has 7 nitrogen and oxygen atoms in total. The summed E-state index contributed by atoms with van der Waals surface area (Å²) in [5, 5.41) is 2.52. The molecule has 0 aliphatic rings. The number of nitrogens with zero attached hydrogens (tertiary/aromatic N) is 3. The smallest absolute Gasteiger partial charge is 0.376 e. The molecule has 11 heteroatoms. The Labute approximate surface area is 177 Å². The van der Waals surface area contributed by atoms with Crippen LogP contribution in [0.1, 0.15) is 11.4 Å². The van der Waals surface area contributed by atoms with Crippen LogP contribution in [0.2, 0.25) is 0 Å². The van der Waals surface area contributed by atoms with E-state index in [9.17, 15) is 26.4 Å². The molecule has 0 saturated carbocycles. The summed E-state index contributed by atoms with van der Waals surface area (Å²) in [6, 6.07) is 9.92. The fourth-order valence-corrected chi connectivity index (χ4v) is 3.87. The van der Waals surface area contributed by atoms with E-state index in [0.29, 0.717) is 16.7 Å². The van der Waals surface area contributed by atoms with Gasteiger partial charge in [-0.2, -0.15) is 13.2 Å². The van der Waals surface area contributed by atoms with Crippen LogP contribution in [0.4, 0.5) is 24.5 Å². The van der Waals surface area contributed by atoms with Crippen LogP contribution in [0.25, 0.3) is 11.0 Å². The summed E-state index contributed by atoms with van der Waals surface area (Å²) >= 11 is 0. The molecule has 3 aromatic rings. The Morgan fingerprint density at radius 3 is 2.45 bits per heavy atom. The molecule has 0 aliphatic carbocycles. The van der Waals surface area contributed by atoms with Crippen LogP contribution >= 0.6 is 0 Å². The first-order valence-electron chi connectivity index (χ1n) is 9.15. The number of nitrogens with one attached hydrogen (secondary N) is 1. The van der Waals surface area contributed by atoms with Crippen LogP contribution in [0.3, 0.4) is 0 Å². The molecule has 0 unspecified atom stereocenters. The first-order chi connectivity index (χ1) is 14.3. The number of imidazole rings is 1. The third-order valence-electron chi connectivity index (χ3n) is 4.51. The fourth-order valence-electron chi connectivity index (χ4n) is 3.18. The van der Waals surface area contributed by atoms with Crippen LogP contribution < -0.4 is 10.2 Å². The van der Waals surface area contributed by atoms with Gasteiger partial charge in [0.15, 0.2) is 9.84 Å². The number of amides is 1. The van der Waals surface area contributed by atoms with Gasteiger partial charge in [-0.1, -0.05) is 12.1 Å². The predicted octanol–water partition coefficient (Wildman–Crippen LogP) is 3.30. The average molecular weight is 454 g/mol. The number of aromatic nitrogens is 2. The molecular weight excluding hydrogens is 433 g/mol. The quantitative estimate of drug-likeness (QED) is 0.618. The summed E-state index contributed by atoms with van der Waals surface area (Å²) < 4.78 is 64.4. The second-order valence-electron chi connectivity index (χ2n) is 7.35. The number of fused-ring (bicyclic) bond motifs is 1. The molecule has 0 aliphatic heterocycles. The fraction of sp³-hybridized carbons (Fsp3) is 0.300. The molecule has 1 heterocycles. The highest BCUT2D eigenvalue weighted by Crippen LogP contribution is 2.35. The molecule has 0 atom stereocenters. The molecule has 166 valence electrons. The summed E-state index contributed by atoms with van der Waals surface area (Å²) in [4.78, 5) is 18.6. The van der Waals surface area contributed by atoms with Crippen molar-refractivity contribution in [1.29, 1.82) is 0 Å². The number of rotatable bonds is 6. The van der Waals surface area contributed by atoms with Crippen molar-refractivity contribution in [3.8, 4) is 0 Å². The second-order valence-corrected chi connectivity index (χ2v) is 9.49. The van der Waals surface area contributed by atoms with Gasteiger partial charge in [0.2, 0.25) is 5.91 Å². The van der Waals surface area contributed by atoms with E-state index in [2.05, 4.69) is 10.3 Å². The minimum atomic E-state index is -4.56. The van der Waals surface area contributed by atoms with E-state index < -0.39 is 27.5 Å². The lowest BCUT2D eigenvalue weighted by Gasteiger charge is -2.20. The Hall–Kier alpha value is -3.08. The zero-order valence-corrected chi connectivity index (χ0v) is 17.9. The normalized spacial score (nSPS) is 12.2. The van der Waals surface area contributed by atoms with E-state index in [1.165, 1.54) is 10.6 Å². The highest BCUT2D eigenvalue weighted by molar-refractivity contribution is 7.89. The summed E-state index contributed by atoms with van der Waals surface area (Å²) in [6.45, 7) is -0.311. The van der Waals surface area contributed by atoms with Gasteiger partial charge in [-0.05, 0) is 30.3 Å². The van der Waals surface area contributed by atoms with Crippen molar-refractivity contribution in [3.05, 3.63) is 53.9 Å². The van der Waals surface area contributed by atoms with E-state index in [1.807, 2.05) is 0 Å². The summed E-state index contributed by atoms with van der Waals surface area (Å²) in [7, 11) is -0.139. The SMILES string of the molecule is CN(C)c1ccc(C(F)(F)F)cc1NC(=O)Cn1c(CS(C)(=O)=O)nc2ccccc21. The number of halogens is 3. The highest BCUT2D eigenvalue weighted by Gasteiger charge is 2.31. The molecule has 1 amide bonds. The molecule has 2 aromatic carbocycles. The van der Waals surface area contributed by atoms with Gasteiger partial charge >= 0.3 is 6.18 Å². The van der Waals surface area contributed by atoms with Crippen LogP contribution in [0.5, 0.6) is 0 Å². The molecule has 1 N–H and O–H groups in total. The lowest BCUT2D eigenvalue weighted by Crippen LogP contribution is -2.23. The Bertz CT molecular complexity index is 1230. The molecule has 0 spiro atoms. The molecule has 0 bridgehead atoms. The lowest BCUT2D eigenvalue weighted by atomic mass is 10.1. The van der Waals surface area contributed by atoms with Gasteiger partial charge in [-0.15, -0.1) is 0 Å². The van der Waals surface area contributed by atoms with Crippen molar-refractivity contribution in [1.82, 2.24) is 9.55 Å². The number of hydrogen-bond acceptors (Lipinski definition) is 5. The van der Waals surface area contributed by atoms with Gasteiger partial charge in [0.05, 0.1) is 28.0 Å².